The van der Waals surface area contributed by atoms with Crippen LogP contribution in [0.1, 0.15) is 0 Å². The van der Waals surface area contributed by atoms with E-state index >= 15 is 0 Å². The molecule has 0 spiro atoms. The maximum atomic E-state index is 12.0. The molecule has 2 rings (SSSR count). The molecule has 17 heavy (non-hydrogen) atoms. The Kier molecular flexibility index (Phi) is 4.24. The second-order valence-electron chi connectivity index (χ2n) is 3.63. The van der Waals surface area contributed by atoms with E-state index in [0.717, 1.165) is 17.9 Å². The zero-order valence-electron chi connectivity index (χ0n) is 9.68. The quantitative estimate of drug-likeness (QED) is 0.770. The summed E-state index contributed by atoms with van der Waals surface area (Å²) in [5.74, 6) is 0. The fourth-order valence-electron chi connectivity index (χ4n) is 1.55. The highest BCUT2D eigenvalue weighted by atomic mass is 32.1. The lowest BCUT2D eigenvalue weighted by Gasteiger charge is -2.06. The van der Waals surface area contributed by atoms with E-state index in [-0.39, 0.29) is 5.56 Å². The largest absolute Gasteiger partial charge is 0.383 e. The van der Waals surface area contributed by atoms with Gasteiger partial charge in [0, 0.05) is 26.7 Å². The Morgan fingerprint density at radius 1 is 1.53 bits per heavy atom. The van der Waals surface area contributed by atoms with E-state index in [2.05, 4.69) is 10.3 Å². The standard InChI is InChI=1S/C11H15N3O2S/c1-16-6-4-12-3-5-14-8-13-10-9(11(14)15)2-7-17-10/h2,7-8,12H,3-6H2,1H3. The summed E-state index contributed by atoms with van der Waals surface area (Å²) in [5.41, 5.74) is 0.0322. The van der Waals surface area contributed by atoms with Crippen LogP contribution in [0, 0.1) is 0 Å². The number of nitrogens with one attached hydrogen (secondary N) is 1. The van der Waals surface area contributed by atoms with Crippen molar-refractivity contribution in [1.29, 1.82) is 0 Å². The van der Waals surface area contributed by atoms with Crippen LogP contribution in [0.4, 0.5) is 0 Å². The molecule has 92 valence electrons. The normalized spacial score (nSPS) is 11.1. The SMILES string of the molecule is COCCNCCn1cnc2sccc2c1=O. The Morgan fingerprint density at radius 2 is 2.41 bits per heavy atom. The van der Waals surface area contributed by atoms with Gasteiger partial charge >= 0.3 is 0 Å². The van der Waals surface area contributed by atoms with Crippen LogP contribution in [-0.4, -0.2) is 36.4 Å². The molecule has 0 radical (unpaired) electrons. The molecule has 0 aromatic carbocycles. The maximum Gasteiger partial charge on any atom is 0.262 e. The lowest BCUT2D eigenvalue weighted by molar-refractivity contribution is 0.199. The molecular weight excluding hydrogens is 238 g/mol. The van der Waals surface area contributed by atoms with Gasteiger partial charge < -0.3 is 10.1 Å². The Balaban J connectivity index is 1.99. The third-order valence-corrected chi connectivity index (χ3v) is 3.28. The summed E-state index contributed by atoms with van der Waals surface area (Å²) in [6.45, 7) is 2.83. The van der Waals surface area contributed by atoms with Crippen molar-refractivity contribution >= 4 is 21.6 Å². The van der Waals surface area contributed by atoms with Gasteiger partial charge in [0.2, 0.25) is 0 Å². The summed E-state index contributed by atoms with van der Waals surface area (Å²) >= 11 is 1.49. The summed E-state index contributed by atoms with van der Waals surface area (Å²) in [6.07, 6.45) is 1.61. The minimum Gasteiger partial charge on any atom is -0.383 e. The van der Waals surface area contributed by atoms with Crippen LogP contribution in [0.5, 0.6) is 0 Å². The monoisotopic (exact) mass is 253 g/mol. The number of nitrogens with zero attached hydrogens (tertiary/aromatic N) is 2. The smallest absolute Gasteiger partial charge is 0.262 e. The number of ether oxygens (including phenoxy) is 1. The van der Waals surface area contributed by atoms with Gasteiger partial charge in [-0.2, -0.15) is 0 Å². The molecule has 0 unspecified atom stereocenters. The number of hydrogen-bond donors (Lipinski definition) is 1. The van der Waals surface area contributed by atoms with E-state index in [1.54, 1.807) is 18.0 Å². The summed E-state index contributed by atoms with van der Waals surface area (Å²) in [5, 5.41) is 5.79. The molecule has 2 aromatic heterocycles. The fraction of sp³-hybridized carbons (Fsp3) is 0.455. The van der Waals surface area contributed by atoms with Gasteiger partial charge in [0.25, 0.3) is 5.56 Å². The molecule has 0 aliphatic rings. The summed E-state index contributed by atoms with van der Waals surface area (Å²) in [6, 6.07) is 1.82. The Morgan fingerprint density at radius 3 is 3.24 bits per heavy atom. The first-order valence-electron chi connectivity index (χ1n) is 5.45. The molecule has 1 N–H and O–H groups in total. The Labute approximate surface area is 103 Å². The molecule has 0 saturated heterocycles. The maximum absolute atomic E-state index is 12.0. The highest BCUT2D eigenvalue weighted by molar-refractivity contribution is 7.16. The van der Waals surface area contributed by atoms with Crippen molar-refractivity contribution in [2.75, 3.05) is 26.8 Å². The molecule has 0 atom stereocenters. The molecule has 0 aliphatic carbocycles. The summed E-state index contributed by atoms with van der Waals surface area (Å²) < 4.78 is 6.56. The van der Waals surface area contributed by atoms with Gasteiger partial charge in [-0.25, -0.2) is 4.98 Å². The number of fused-ring (bicyclic) bond motifs is 1. The van der Waals surface area contributed by atoms with E-state index < -0.39 is 0 Å². The number of hydrogen-bond acceptors (Lipinski definition) is 5. The van der Waals surface area contributed by atoms with Gasteiger partial charge in [0.15, 0.2) is 0 Å². The number of aromatic nitrogens is 2. The van der Waals surface area contributed by atoms with Crippen LogP contribution < -0.4 is 10.9 Å². The van der Waals surface area contributed by atoms with E-state index in [1.165, 1.54) is 11.3 Å². The van der Waals surface area contributed by atoms with Gasteiger partial charge in [-0.1, -0.05) is 0 Å². The number of thiophene rings is 1. The number of methoxy groups -OCH3 is 1. The van der Waals surface area contributed by atoms with Crippen molar-refractivity contribution in [3.05, 3.63) is 28.1 Å². The van der Waals surface area contributed by atoms with E-state index in [0.29, 0.717) is 18.5 Å². The third-order valence-electron chi connectivity index (χ3n) is 2.46. The van der Waals surface area contributed by atoms with Gasteiger partial charge in [-0.05, 0) is 11.4 Å². The first kappa shape index (κ1) is 12.2. The van der Waals surface area contributed by atoms with Crippen LogP contribution in [0.15, 0.2) is 22.6 Å². The van der Waals surface area contributed by atoms with E-state index in [4.69, 9.17) is 4.74 Å². The fourth-order valence-corrected chi connectivity index (χ4v) is 2.27. The summed E-state index contributed by atoms with van der Waals surface area (Å²) in [7, 11) is 1.67. The highest BCUT2D eigenvalue weighted by Gasteiger charge is 2.03. The van der Waals surface area contributed by atoms with E-state index in [1.807, 2.05) is 11.4 Å². The minimum absolute atomic E-state index is 0.0322. The first-order chi connectivity index (χ1) is 8.33. The predicted molar refractivity (Wildman–Crippen MR) is 68.6 cm³/mol. The molecule has 6 heteroatoms. The van der Waals surface area contributed by atoms with Crippen molar-refractivity contribution in [2.24, 2.45) is 0 Å². The van der Waals surface area contributed by atoms with Crippen molar-refractivity contribution in [2.45, 2.75) is 6.54 Å². The van der Waals surface area contributed by atoms with Gasteiger partial charge in [0.05, 0.1) is 18.3 Å². The van der Waals surface area contributed by atoms with Crippen molar-refractivity contribution < 1.29 is 4.74 Å². The lowest BCUT2D eigenvalue weighted by atomic mass is 10.4. The molecule has 0 bridgehead atoms. The van der Waals surface area contributed by atoms with Crippen LogP contribution in [0.3, 0.4) is 0 Å². The van der Waals surface area contributed by atoms with Crippen molar-refractivity contribution in [3.63, 3.8) is 0 Å². The van der Waals surface area contributed by atoms with Gasteiger partial charge in [-0.15, -0.1) is 11.3 Å². The van der Waals surface area contributed by atoms with Crippen LogP contribution >= 0.6 is 11.3 Å². The zero-order chi connectivity index (χ0) is 12.1. The highest BCUT2D eigenvalue weighted by Crippen LogP contribution is 2.12. The molecular formula is C11H15N3O2S. The van der Waals surface area contributed by atoms with Gasteiger partial charge in [0.1, 0.15) is 4.83 Å². The Bertz CT molecular complexity index is 535. The van der Waals surface area contributed by atoms with Gasteiger partial charge in [-0.3, -0.25) is 9.36 Å². The van der Waals surface area contributed by atoms with E-state index in [9.17, 15) is 4.79 Å². The molecule has 2 heterocycles. The van der Waals surface area contributed by atoms with Crippen LogP contribution in [0.2, 0.25) is 0 Å². The molecule has 0 fully saturated rings. The zero-order valence-corrected chi connectivity index (χ0v) is 10.5. The second kappa shape index (κ2) is 5.90. The average Bonchev–Trinajstić information content (AvgIpc) is 2.80. The number of rotatable bonds is 6. The Hall–Kier alpha value is -1.24. The first-order valence-corrected chi connectivity index (χ1v) is 6.33. The lowest BCUT2D eigenvalue weighted by Crippen LogP contribution is -2.28. The predicted octanol–water partition coefficient (Wildman–Crippen LogP) is 0.694. The molecule has 0 saturated carbocycles. The summed E-state index contributed by atoms with van der Waals surface area (Å²) in [4.78, 5) is 17.0. The molecule has 2 aromatic rings. The molecule has 5 nitrogen and oxygen atoms in total. The third kappa shape index (κ3) is 2.91. The average molecular weight is 253 g/mol. The minimum atomic E-state index is 0.0322. The van der Waals surface area contributed by atoms with Crippen LogP contribution in [-0.2, 0) is 11.3 Å². The molecule has 0 aliphatic heterocycles. The van der Waals surface area contributed by atoms with Crippen LogP contribution in [0.25, 0.3) is 10.2 Å². The topological polar surface area (TPSA) is 56.1 Å². The van der Waals surface area contributed by atoms with Crippen molar-refractivity contribution in [3.8, 4) is 0 Å². The second-order valence-corrected chi connectivity index (χ2v) is 4.52. The van der Waals surface area contributed by atoms with Crippen molar-refractivity contribution in [1.82, 2.24) is 14.9 Å². The molecule has 0 amide bonds.